The van der Waals surface area contributed by atoms with Crippen molar-refractivity contribution in [2.45, 2.75) is 32.7 Å². The highest BCUT2D eigenvalue weighted by Gasteiger charge is 2.21. The Kier molecular flexibility index (Phi) is 10.6. The third kappa shape index (κ3) is 6.74. The SMILES string of the molecule is COc1cc(N)c(Cl)cc1C(=O)NC(C)CN1CCCC(C)C1.Cl.Cl. The van der Waals surface area contributed by atoms with Crippen molar-refractivity contribution in [3.63, 3.8) is 0 Å². The number of carbonyl (C=O) groups is 1. The lowest BCUT2D eigenvalue weighted by atomic mass is 10.00. The zero-order valence-electron chi connectivity index (χ0n) is 14.9. The topological polar surface area (TPSA) is 67.6 Å². The van der Waals surface area contributed by atoms with Crippen molar-refractivity contribution >= 4 is 48.0 Å². The lowest BCUT2D eigenvalue weighted by Gasteiger charge is -2.32. The van der Waals surface area contributed by atoms with Gasteiger partial charge in [-0.1, -0.05) is 18.5 Å². The van der Waals surface area contributed by atoms with E-state index in [4.69, 9.17) is 22.1 Å². The first-order chi connectivity index (χ1) is 10.9. The normalized spacial score (nSPS) is 18.5. The molecule has 3 N–H and O–H groups in total. The zero-order valence-corrected chi connectivity index (χ0v) is 17.3. The van der Waals surface area contributed by atoms with E-state index >= 15 is 0 Å². The molecule has 0 bridgehead atoms. The van der Waals surface area contributed by atoms with Crippen LogP contribution in [0.15, 0.2) is 12.1 Å². The van der Waals surface area contributed by atoms with E-state index in [1.54, 1.807) is 12.1 Å². The zero-order chi connectivity index (χ0) is 17.0. The van der Waals surface area contributed by atoms with Crippen molar-refractivity contribution in [1.82, 2.24) is 10.2 Å². The highest BCUT2D eigenvalue weighted by Crippen LogP contribution is 2.28. The lowest BCUT2D eigenvalue weighted by molar-refractivity contribution is 0.0917. The maximum Gasteiger partial charge on any atom is 0.255 e. The number of carbonyl (C=O) groups excluding carboxylic acids is 1. The Bertz CT molecular complexity index is 572. The fourth-order valence-corrected chi connectivity index (χ4v) is 3.27. The van der Waals surface area contributed by atoms with Gasteiger partial charge in [0.25, 0.3) is 5.91 Å². The number of hydrogen-bond donors (Lipinski definition) is 2. The molecule has 1 saturated heterocycles. The molecule has 0 aliphatic carbocycles. The van der Waals surface area contributed by atoms with Gasteiger partial charge >= 0.3 is 0 Å². The molecular weight excluding hydrogens is 385 g/mol. The number of hydrogen-bond acceptors (Lipinski definition) is 4. The second-order valence-corrected chi connectivity index (χ2v) is 6.86. The number of halogens is 3. The summed E-state index contributed by atoms with van der Waals surface area (Å²) in [5.74, 6) is 0.965. The van der Waals surface area contributed by atoms with Crippen LogP contribution in [-0.2, 0) is 0 Å². The van der Waals surface area contributed by atoms with Crippen molar-refractivity contribution in [3.05, 3.63) is 22.7 Å². The minimum Gasteiger partial charge on any atom is -0.496 e. The van der Waals surface area contributed by atoms with Crippen molar-refractivity contribution in [1.29, 1.82) is 0 Å². The minimum atomic E-state index is -0.193. The van der Waals surface area contributed by atoms with Crippen LogP contribution in [0.3, 0.4) is 0 Å². The summed E-state index contributed by atoms with van der Waals surface area (Å²) in [4.78, 5) is 14.9. The van der Waals surface area contributed by atoms with Gasteiger partial charge in [0, 0.05) is 25.2 Å². The van der Waals surface area contributed by atoms with Gasteiger partial charge in [-0.3, -0.25) is 4.79 Å². The van der Waals surface area contributed by atoms with E-state index < -0.39 is 0 Å². The summed E-state index contributed by atoms with van der Waals surface area (Å²) in [6.07, 6.45) is 2.52. The molecule has 1 heterocycles. The molecule has 144 valence electrons. The maximum absolute atomic E-state index is 12.5. The van der Waals surface area contributed by atoms with Gasteiger partial charge in [0.05, 0.1) is 23.4 Å². The van der Waals surface area contributed by atoms with Gasteiger partial charge in [-0.15, -0.1) is 24.8 Å². The number of nitrogens with two attached hydrogens (primary N) is 1. The van der Waals surface area contributed by atoms with Crippen molar-refractivity contribution in [2.75, 3.05) is 32.5 Å². The number of rotatable bonds is 5. The molecule has 1 aromatic carbocycles. The summed E-state index contributed by atoms with van der Waals surface area (Å²) in [6, 6.07) is 3.18. The quantitative estimate of drug-likeness (QED) is 0.725. The van der Waals surface area contributed by atoms with E-state index in [-0.39, 0.29) is 36.8 Å². The van der Waals surface area contributed by atoms with E-state index in [1.807, 2.05) is 6.92 Å². The molecule has 25 heavy (non-hydrogen) atoms. The number of ether oxygens (including phenoxy) is 1. The van der Waals surface area contributed by atoms with Crippen molar-refractivity contribution in [3.8, 4) is 5.75 Å². The van der Waals surface area contributed by atoms with Gasteiger partial charge < -0.3 is 20.7 Å². The molecule has 0 aromatic heterocycles. The first-order valence-corrected chi connectivity index (χ1v) is 8.44. The van der Waals surface area contributed by atoms with E-state index in [9.17, 15) is 4.79 Å². The molecule has 1 amide bonds. The highest BCUT2D eigenvalue weighted by atomic mass is 35.5. The first kappa shape index (κ1) is 24.1. The summed E-state index contributed by atoms with van der Waals surface area (Å²) in [5, 5.41) is 3.37. The van der Waals surface area contributed by atoms with Crippen molar-refractivity contribution in [2.24, 2.45) is 5.92 Å². The van der Waals surface area contributed by atoms with Gasteiger partial charge in [0.15, 0.2) is 0 Å². The molecule has 1 aromatic rings. The van der Waals surface area contributed by atoms with Crippen LogP contribution in [0.1, 0.15) is 37.0 Å². The summed E-state index contributed by atoms with van der Waals surface area (Å²) in [6.45, 7) is 7.33. The van der Waals surface area contributed by atoms with Gasteiger partial charge in [-0.05, 0) is 38.3 Å². The summed E-state index contributed by atoms with van der Waals surface area (Å²) < 4.78 is 5.24. The van der Waals surface area contributed by atoms with Crippen LogP contribution in [-0.4, -0.2) is 43.6 Å². The lowest BCUT2D eigenvalue weighted by Crippen LogP contribution is -2.45. The number of methoxy groups -OCH3 is 1. The molecule has 2 atom stereocenters. The molecule has 0 radical (unpaired) electrons. The standard InChI is InChI=1S/C17H26ClN3O2.2ClH/c1-11-5-4-6-21(9-11)10-12(2)20-17(22)13-7-14(18)15(19)8-16(13)23-3;;/h7-8,11-12H,4-6,9-10,19H2,1-3H3,(H,20,22);2*1H. The summed E-state index contributed by atoms with van der Waals surface area (Å²) >= 11 is 6.03. The Morgan fingerprint density at radius 1 is 1.48 bits per heavy atom. The van der Waals surface area contributed by atoms with Crippen LogP contribution in [0, 0.1) is 5.92 Å². The molecule has 0 spiro atoms. The average Bonchev–Trinajstić information content (AvgIpc) is 2.49. The molecule has 2 rings (SSSR count). The Morgan fingerprint density at radius 3 is 2.76 bits per heavy atom. The summed E-state index contributed by atoms with van der Waals surface area (Å²) in [7, 11) is 1.51. The molecule has 8 heteroatoms. The number of amides is 1. The second kappa shape index (κ2) is 11.0. The van der Waals surface area contributed by atoms with Gasteiger partial charge in [0.2, 0.25) is 0 Å². The first-order valence-electron chi connectivity index (χ1n) is 8.07. The third-order valence-corrected chi connectivity index (χ3v) is 4.54. The fourth-order valence-electron chi connectivity index (χ4n) is 3.10. The van der Waals surface area contributed by atoms with Gasteiger partial charge in [0.1, 0.15) is 5.75 Å². The van der Waals surface area contributed by atoms with Crippen LogP contribution in [0.5, 0.6) is 5.75 Å². The molecule has 1 aliphatic heterocycles. The predicted molar refractivity (Wildman–Crippen MR) is 109 cm³/mol. The fraction of sp³-hybridized carbons (Fsp3) is 0.588. The Labute approximate surface area is 167 Å². The van der Waals surface area contributed by atoms with Crippen molar-refractivity contribution < 1.29 is 9.53 Å². The number of nitrogen functional groups attached to an aromatic ring is 1. The van der Waals surface area contributed by atoms with Crippen LogP contribution in [0.4, 0.5) is 5.69 Å². The monoisotopic (exact) mass is 411 g/mol. The molecule has 2 unspecified atom stereocenters. The molecule has 1 fully saturated rings. The van der Waals surface area contributed by atoms with E-state index in [2.05, 4.69) is 17.1 Å². The Balaban J connectivity index is 0.00000288. The molecule has 1 aliphatic rings. The number of anilines is 1. The molecule has 0 saturated carbocycles. The van der Waals surface area contributed by atoms with Gasteiger partial charge in [-0.2, -0.15) is 0 Å². The number of nitrogens with zero attached hydrogens (tertiary/aromatic N) is 1. The number of nitrogens with one attached hydrogen (secondary N) is 1. The number of piperidine rings is 1. The third-order valence-electron chi connectivity index (χ3n) is 4.21. The number of benzene rings is 1. The van der Waals surface area contributed by atoms with Crippen LogP contribution in [0.25, 0.3) is 0 Å². The Hall–Kier alpha value is -0.880. The molecular formula is C17H28Cl3N3O2. The Morgan fingerprint density at radius 2 is 2.16 bits per heavy atom. The average molecular weight is 413 g/mol. The smallest absolute Gasteiger partial charge is 0.255 e. The van der Waals surface area contributed by atoms with Crippen LogP contribution >= 0.6 is 36.4 Å². The maximum atomic E-state index is 12.5. The highest BCUT2D eigenvalue weighted by molar-refractivity contribution is 6.33. The summed E-state index contributed by atoms with van der Waals surface area (Å²) in [5.41, 5.74) is 6.56. The molecule has 5 nitrogen and oxygen atoms in total. The number of likely N-dealkylation sites (tertiary alicyclic amines) is 1. The minimum absolute atomic E-state index is 0. The predicted octanol–water partition coefficient (Wildman–Crippen LogP) is 3.62. The van der Waals surface area contributed by atoms with Crippen LogP contribution in [0.2, 0.25) is 5.02 Å². The van der Waals surface area contributed by atoms with E-state index in [1.165, 1.54) is 20.0 Å². The van der Waals surface area contributed by atoms with Crippen LogP contribution < -0.4 is 15.8 Å². The van der Waals surface area contributed by atoms with E-state index in [0.717, 1.165) is 25.6 Å². The largest absolute Gasteiger partial charge is 0.496 e. The van der Waals surface area contributed by atoms with Gasteiger partial charge in [-0.25, -0.2) is 0 Å². The second-order valence-electron chi connectivity index (χ2n) is 6.46. The van der Waals surface area contributed by atoms with E-state index in [0.29, 0.717) is 22.0 Å².